The number of benzene rings is 1. The average molecular weight is 327 g/mol. The van der Waals surface area contributed by atoms with Crippen LogP contribution in [0, 0.1) is 0 Å². The summed E-state index contributed by atoms with van der Waals surface area (Å²) in [6, 6.07) is 4.33. The van der Waals surface area contributed by atoms with Crippen LogP contribution in [0.5, 0.6) is 0 Å². The standard InChI is InChI=1S/C14H21N3O4S/c1-4-14(15,5-2)9-16-22(19,20)10-6-7-11-12(8-10)21-13(18)17(11)3/h6-8,16H,4-5,9,15H2,1-3H3. The molecule has 2 rings (SSSR count). The van der Waals surface area contributed by atoms with Crippen molar-refractivity contribution in [2.75, 3.05) is 6.54 Å². The quantitative estimate of drug-likeness (QED) is 0.820. The van der Waals surface area contributed by atoms with Gasteiger partial charge in [0.15, 0.2) is 5.58 Å². The third kappa shape index (κ3) is 3.08. The van der Waals surface area contributed by atoms with Gasteiger partial charge in [-0.05, 0) is 25.0 Å². The summed E-state index contributed by atoms with van der Waals surface area (Å²) in [4.78, 5) is 11.5. The van der Waals surface area contributed by atoms with Crippen molar-refractivity contribution in [1.82, 2.24) is 9.29 Å². The number of nitrogens with zero attached hydrogens (tertiary/aromatic N) is 1. The molecule has 0 fully saturated rings. The Balaban J connectivity index is 2.32. The van der Waals surface area contributed by atoms with E-state index in [1.54, 1.807) is 13.1 Å². The Kier molecular flexibility index (Phi) is 4.46. The lowest BCUT2D eigenvalue weighted by molar-refractivity contribution is 0.392. The van der Waals surface area contributed by atoms with Gasteiger partial charge in [0, 0.05) is 25.2 Å². The first-order chi connectivity index (χ1) is 10.2. The zero-order valence-corrected chi connectivity index (χ0v) is 13.7. The van der Waals surface area contributed by atoms with E-state index in [0.717, 1.165) is 0 Å². The second-order valence-electron chi connectivity index (χ2n) is 5.45. The molecule has 0 atom stereocenters. The Morgan fingerprint density at radius 3 is 2.55 bits per heavy atom. The third-order valence-corrected chi connectivity index (χ3v) is 5.50. The second kappa shape index (κ2) is 5.86. The van der Waals surface area contributed by atoms with E-state index in [2.05, 4.69) is 4.72 Å². The van der Waals surface area contributed by atoms with Crippen molar-refractivity contribution in [2.45, 2.75) is 37.1 Å². The number of fused-ring (bicyclic) bond motifs is 1. The Bertz CT molecular complexity index is 831. The zero-order chi connectivity index (χ0) is 16.5. The molecule has 22 heavy (non-hydrogen) atoms. The summed E-state index contributed by atoms with van der Waals surface area (Å²) < 4.78 is 33.6. The maximum Gasteiger partial charge on any atom is 0.419 e. The highest BCUT2D eigenvalue weighted by Crippen LogP contribution is 2.18. The number of aryl methyl sites for hydroxylation is 1. The lowest BCUT2D eigenvalue weighted by Crippen LogP contribution is -2.49. The predicted octanol–water partition coefficient (Wildman–Crippen LogP) is 0.927. The summed E-state index contributed by atoms with van der Waals surface area (Å²) in [5.41, 5.74) is 6.31. The van der Waals surface area contributed by atoms with E-state index in [1.807, 2.05) is 13.8 Å². The fourth-order valence-electron chi connectivity index (χ4n) is 2.10. The van der Waals surface area contributed by atoms with Gasteiger partial charge in [-0.2, -0.15) is 0 Å². The Morgan fingerprint density at radius 2 is 1.95 bits per heavy atom. The monoisotopic (exact) mass is 327 g/mol. The number of sulfonamides is 1. The van der Waals surface area contributed by atoms with Crippen LogP contribution in [0.25, 0.3) is 11.1 Å². The lowest BCUT2D eigenvalue weighted by Gasteiger charge is -2.26. The topological polar surface area (TPSA) is 107 Å². The first-order valence-electron chi connectivity index (χ1n) is 7.10. The van der Waals surface area contributed by atoms with Crippen LogP contribution >= 0.6 is 0 Å². The molecular weight excluding hydrogens is 306 g/mol. The first kappa shape index (κ1) is 16.7. The van der Waals surface area contributed by atoms with E-state index < -0.39 is 21.3 Å². The van der Waals surface area contributed by atoms with Gasteiger partial charge in [0.1, 0.15) is 0 Å². The molecule has 0 saturated heterocycles. The van der Waals surface area contributed by atoms with Crippen molar-refractivity contribution >= 4 is 21.1 Å². The second-order valence-corrected chi connectivity index (χ2v) is 7.22. The molecule has 1 aromatic carbocycles. The minimum atomic E-state index is -3.71. The SMILES string of the molecule is CCC(N)(CC)CNS(=O)(=O)c1ccc2c(c1)oc(=O)n2C. The van der Waals surface area contributed by atoms with Crippen molar-refractivity contribution < 1.29 is 12.8 Å². The van der Waals surface area contributed by atoms with E-state index in [1.165, 1.54) is 16.7 Å². The normalized spacial score (nSPS) is 12.9. The summed E-state index contributed by atoms with van der Waals surface area (Å²) in [5.74, 6) is -0.532. The molecule has 0 radical (unpaired) electrons. The Hall–Kier alpha value is -1.64. The number of hydrogen-bond acceptors (Lipinski definition) is 5. The van der Waals surface area contributed by atoms with Gasteiger partial charge >= 0.3 is 5.76 Å². The molecule has 0 bridgehead atoms. The van der Waals surface area contributed by atoms with Gasteiger partial charge in [0.2, 0.25) is 10.0 Å². The number of rotatable bonds is 6. The van der Waals surface area contributed by atoms with Crippen molar-refractivity contribution in [3.05, 3.63) is 28.7 Å². The molecule has 1 aromatic heterocycles. The molecule has 0 amide bonds. The average Bonchev–Trinajstić information content (AvgIpc) is 2.79. The highest BCUT2D eigenvalue weighted by atomic mass is 32.2. The fourth-order valence-corrected chi connectivity index (χ4v) is 3.26. The van der Waals surface area contributed by atoms with Crippen LogP contribution in [0.1, 0.15) is 26.7 Å². The first-order valence-corrected chi connectivity index (χ1v) is 8.59. The van der Waals surface area contributed by atoms with Crippen LogP contribution in [0.2, 0.25) is 0 Å². The smallest absolute Gasteiger partial charge is 0.408 e. The molecule has 0 aliphatic heterocycles. The van der Waals surface area contributed by atoms with Crippen LogP contribution in [-0.2, 0) is 17.1 Å². The van der Waals surface area contributed by atoms with Crippen molar-refractivity contribution in [1.29, 1.82) is 0 Å². The number of hydrogen-bond donors (Lipinski definition) is 2. The van der Waals surface area contributed by atoms with Gasteiger partial charge < -0.3 is 10.2 Å². The van der Waals surface area contributed by atoms with Crippen LogP contribution < -0.4 is 16.2 Å². The van der Waals surface area contributed by atoms with Gasteiger partial charge in [-0.15, -0.1) is 0 Å². The molecular formula is C14H21N3O4S. The molecule has 8 heteroatoms. The van der Waals surface area contributed by atoms with Crippen molar-refractivity contribution in [2.24, 2.45) is 12.8 Å². The summed E-state index contributed by atoms with van der Waals surface area (Å²) in [6.07, 6.45) is 1.33. The van der Waals surface area contributed by atoms with Crippen LogP contribution in [0.15, 0.2) is 32.3 Å². The lowest BCUT2D eigenvalue weighted by atomic mass is 9.95. The molecule has 0 aliphatic carbocycles. The third-order valence-electron chi connectivity index (χ3n) is 4.10. The highest BCUT2D eigenvalue weighted by molar-refractivity contribution is 7.89. The minimum absolute atomic E-state index is 0.0453. The van der Waals surface area contributed by atoms with Gasteiger partial charge in [-0.1, -0.05) is 13.8 Å². The van der Waals surface area contributed by atoms with E-state index in [9.17, 15) is 13.2 Å². The van der Waals surface area contributed by atoms with E-state index >= 15 is 0 Å². The summed E-state index contributed by atoms with van der Waals surface area (Å²) in [7, 11) is -2.15. The number of nitrogens with two attached hydrogens (primary N) is 1. The van der Waals surface area contributed by atoms with Gasteiger partial charge in [-0.25, -0.2) is 17.9 Å². The van der Waals surface area contributed by atoms with Crippen LogP contribution in [0.3, 0.4) is 0 Å². The zero-order valence-electron chi connectivity index (χ0n) is 12.9. The predicted molar refractivity (Wildman–Crippen MR) is 84.1 cm³/mol. The van der Waals surface area contributed by atoms with Gasteiger partial charge in [0.05, 0.1) is 10.4 Å². The molecule has 3 N–H and O–H groups in total. The maximum absolute atomic E-state index is 12.4. The summed E-state index contributed by atoms with van der Waals surface area (Å²) >= 11 is 0. The maximum atomic E-state index is 12.4. The van der Waals surface area contributed by atoms with Gasteiger partial charge in [-0.3, -0.25) is 4.57 Å². The highest BCUT2D eigenvalue weighted by Gasteiger charge is 2.24. The minimum Gasteiger partial charge on any atom is -0.408 e. The van der Waals surface area contributed by atoms with Crippen molar-refractivity contribution in [3.8, 4) is 0 Å². The van der Waals surface area contributed by atoms with Gasteiger partial charge in [0.25, 0.3) is 0 Å². The number of aromatic nitrogens is 1. The largest absolute Gasteiger partial charge is 0.419 e. The molecule has 0 unspecified atom stereocenters. The molecule has 0 saturated carbocycles. The molecule has 2 aromatic rings. The van der Waals surface area contributed by atoms with E-state index in [0.29, 0.717) is 18.4 Å². The van der Waals surface area contributed by atoms with E-state index in [-0.39, 0.29) is 17.0 Å². The Morgan fingerprint density at radius 1 is 1.32 bits per heavy atom. The van der Waals surface area contributed by atoms with Crippen LogP contribution in [0.4, 0.5) is 0 Å². The number of oxazole rings is 1. The van der Waals surface area contributed by atoms with Crippen LogP contribution in [-0.4, -0.2) is 25.1 Å². The Labute approximate surface area is 129 Å². The fraction of sp³-hybridized carbons (Fsp3) is 0.500. The molecule has 122 valence electrons. The van der Waals surface area contributed by atoms with E-state index in [4.69, 9.17) is 10.2 Å². The van der Waals surface area contributed by atoms with Crippen molar-refractivity contribution in [3.63, 3.8) is 0 Å². The molecule has 1 heterocycles. The molecule has 7 nitrogen and oxygen atoms in total. The molecule has 0 aliphatic rings. The summed E-state index contributed by atoms with van der Waals surface area (Å²) in [6.45, 7) is 3.99. The number of nitrogens with one attached hydrogen (secondary N) is 1. The summed E-state index contributed by atoms with van der Waals surface area (Å²) in [5, 5.41) is 0. The molecule has 0 spiro atoms.